The maximum Gasteiger partial charge on any atom is 0.285 e. The van der Waals surface area contributed by atoms with Crippen molar-refractivity contribution in [2.75, 3.05) is 19.6 Å². The first-order valence-electron chi connectivity index (χ1n) is 10.3. The third-order valence-corrected chi connectivity index (χ3v) is 7.09. The Morgan fingerprint density at radius 2 is 1.97 bits per heavy atom. The number of thiocarbonyl (C=S) groups is 1. The molecule has 0 saturated carbocycles. The summed E-state index contributed by atoms with van der Waals surface area (Å²) < 4.78 is 6.11. The van der Waals surface area contributed by atoms with Gasteiger partial charge in [-0.2, -0.15) is 5.01 Å². The highest BCUT2D eigenvalue weighted by Gasteiger charge is 2.34. The highest BCUT2D eigenvalue weighted by atomic mass is 35.5. The summed E-state index contributed by atoms with van der Waals surface area (Å²) in [5.74, 6) is 0.382. The zero-order valence-corrected chi connectivity index (χ0v) is 20.3. The van der Waals surface area contributed by atoms with Gasteiger partial charge in [0, 0.05) is 29.6 Å². The van der Waals surface area contributed by atoms with E-state index in [1.807, 2.05) is 0 Å². The summed E-state index contributed by atoms with van der Waals surface area (Å²) in [5, 5.41) is 2.18. The lowest BCUT2D eigenvalue weighted by molar-refractivity contribution is -0.133. The van der Waals surface area contributed by atoms with Crippen molar-refractivity contribution in [3.05, 3.63) is 51.0 Å². The lowest BCUT2D eigenvalue weighted by atomic mass is 10.1. The number of nitrogens with zero attached hydrogens (tertiary/aromatic N) is 2. The van der Waals surface area contributed by atoms with E-state index in [4.69, 9.17) is 39.8 Å². The van der Waals surface area contributed by atoms with Crippen LogP contribution in [0.1, 0.15) is 31.4 Å². The van der Waals surface area contributed by atoms with Crippen LogP contribution in [0.25, 0.3) is 17.4 Å². The zero-order valence-electron chi connectivity index (χ0n) is 17.1. The van der Waals surface area contributed by atoms with Crippen LogP contribution in [0.15, 0.2) is 39.7 Å². The molecule has 2 aromatic rings. The number of carbonyl (C=O) groups excluding carboxylic acids is 2. The fourth-order valence-electron chi connectivity index (χ4n) is 3.58. The number of halogens is 2. The maximum atomic E-state index is 12.8. The van der Waals surface area contributed by atoms with E-state index in [1.54, 1.807) is 36.4 Å². The first-order chi connectivity index (χ1) is 15.4. The second-order valence-electron chi connectivity index (χ2n) is 7.53. The Morgan fingerprint density at radius 3 is 2.75 bits per heavy atom. The van der Waals surface area contributed by atoms with E-state index in [2.05, 4.69) is 10.3 Å². The minimum Gasteiger partial charge on any atom is -0.457 e. The van der Waals surface area contributed by atoms with Gasteiger partial charge < -0.3 is 9.32 Å². The highest BCUT2D eigenvalue weighted by molar-refractivity contribution is 8.26. The first kappa shape index (κ1) is 23.3. The Bertz CT molecular complexity index is 1080. The number of nitrogens with one attached hydrogen (secondary N) is 1. The summed E-state index contributed by atoms with van der Waals surface area (Å²) >= 11 is 18.7. The Labute approximate surface area is 205 Å². The molecule has 168 valence electrons. The minimum absolute atomic E-state index is 0.232. The molecule has 0 aliphatic carbocycles. The summed E-state index contributed by atoms with van der Waals surface area (Å²) in [6.45, 7) is 2.71. The minimum atomic E-state index is -0.384. The summed E-state index contributed by atoms with van der Waals surface area (Å²) in [4.78, 5) is 27.8. The van der Waals surface area contributed by atoms with Crippen LogP contribution in [0.4, 0.5) is 0 Å². The number of carbonyl (C=O) groups is 2. The molecule has 1 aromatic heterocycles. The predicted molar refractivity (Wildman–Crippen MR) is 132 cm³/mol. The van der Waals surface area contributed by atoms with E-state index < -0.39 is 0 Å². The van der Waals surface area contributed by atoms with E-state index in [0.717, 1.165) is 29.9 Å². The van der Waals surface area contributed by atoms with Gasteiger partial charge in [0.2, 0.25) is 5.91 Å². The number of rotatable bonds is 6. The number of hydrogen-bond acceptors (Lipinski definition) is 6. The summed E-state index contributed by atoms with van der Waals surface area (Å²) in [6.07, 6.45) is 5.49. The zero-order chi connectivity index (χ0) is 22.7. The number of hydrazine groups is 1. The standard InChI is InChI=1S/C22H21Cl2N3O3S2/c23-14-4-6-17(24)16(12-14)18-7-5-15(30-18)13-19-21(29)27(22(31)32-19)25-20(28)8-11-26-9-2-1-3-10-26/h4-7,12-13H,1-3,8-11H2,(H,25,28). The van der Waals surface area contributed by atoms with Crippen molar-refractivity contribution >= 4 is 69.4 Å². The van der Waals surface area contributed by atoms with Gasteiger partial charge in [0.1, 0.15) is 11.5 Å². The fraction of sp³-hybridized carbons (Fsp3) is 0.318. The molecule has 1 N–H and O–H groups in total. The molecule has 0 radical (unpaired) electrons. The highest BCUT2D eigenvalue weighted by Crippen LogP contribution is 2.35. The van der Waals surface area contributed by atoms with Crippen molar-refractivity contribution < 1.29 is 14.0 Å². The van der Waals surface area contributed by atoms with Crippen molar-refractivity contribution in [3.63, 3.8) is 0 Å². The molecule has 4 rings (SSSR count). The van der Waals surface area contributed by atoms with Crippen molar-refractivity contribution in [2.45, 2.75) is 25.7 Å². The second kappa shape index (κ2) is 10.4. The van der Waals surface area contributed by atoms with Gasteiger partial charge in [-0.25, -0.2) is 0 Å². The van der Waals surface area contributed by atoms with Gasteiger partial charge in [0.15, 0.2) is 4.32 Å². The number of piperidine rings is 1. The summed E-state index contributed by atoms with van der Waals surface area (Å²) in [5.41, 5.74) is 3.29. The maximum absolute atomic E-state index is 12.8. The molecule has 2 fully saturated rings. The summed E-state index contributed by atoms with van der Waals surface area (Å²) in [6, 6.07) is 8.60. The van der Waals surface area contributed by atoms with Gasteiger partial charge in [0.05, 0.1) is 9.93 Å². The molecule has 0 spiro atoms. The van der Waals surface area contributed by atoms with Crippen molar-refractivity contribution in [2.24, 2.45) is 0 Å². The molecular weight excluding hydrogens is 489 g/mol. The molecule has 6 nitrogen and oxygen atoms in total. The molecule has 0 atom stereocenters. The number of amides is 2. The van der Waals surface area contributed by atoms with Gasteiger partial charge in [-0.1, -0.05) is 41.4 Å². The van der Waals surface area contributed by atoms with E-state index in [9.17, 15) is 9.59 Å². The molecule has 2 amide bonds. The van der Waals surface area contributed by atoms with Gasteiger partial charge >= 0.3 is 0 Å². The number of benzene rings is 1. The number of hydrogen-bond donors (Lipinski definition) is 1. The molecule has 2 saturated heterocycles. The Balaban J connectivity index is 1.39. The average Bonchev–Trinajstić information content (AvgIpc) is 3.35. The molecule has 2 aliphatic heterocycles. The smallest absolute Gasteiger partial charge is 0.285 e. The van der Waals surface area contributed by atoms with E-state index in [1.165, 1.54) is 19.3 Å². The lowest BCUT2D eigenvalue weighted by Crippen LogP contribution is -2.46. The predicted octanol–water partition coefficient (Wildman–Crippen LogP) is 5.36. The number of thioether (sulfide) groups is 1. The van der Waals surface area contributed by atoms with Crippen molar-refractivity contribution in [1.82, 2.24) is 15.3 Å². The monoisotopic (exact) mass is 509 g/mol. The quantitative estimate of drug-likeness (QED) is 0.417. The molecule has 0 unspecified atom stereocenters. The van der Waals surface area contributed by atoms with E-state index >= 15 is 0 Å². The van der Waals surface area contributed by atoms with Crippen LogP contribution in [0, 0.1) is 0 Å². The average molecular weight is 510 g/mol. The van der Waals surface area contributed by atoms with Crippen LogP contribution in [0.3, 0.4) is 0 Å². The Morgan fingerprint density at radius 1 is 1.19 bits per heavy atom. The number of likely N-dealkylation sites (tertiary alicyclic amines) is 1. The third kappa shape index (κ3) is 5.55. The topological polar surface area (TPSA) is 65.8 Å². The van der Waals surface area contributed by atoms with Crippen LogP contribution in [-0.2, 0) is 9.59 Å². The van der Waals surface area contributed by atoms with Crippen molar-refractivity contribution in [1.29, 1.82) is 0 Å². The Kier molecular flexibility index (Phi) is 7.58. The second-order valence-corrected chi connectivity index (χ2v) is 10.0. The number of furan rings is 1. The van der Waals surface area contributed by atoms with Gasteiger partial charge in [-0.15, -0.1) is 0 Å². The van der Waals surface area contributed by atoms with Gasteiger partial charge in [-0.3, -0.25) is 15.0 Å². The molecule has 0 bridgehead atoms. The lowest BCUT2D eigenvalue weighted by Gasteiger charge is -2.26. The molecule has 32 heavy (non-hydrogen) atoms. The van der Waals surface area contributed by atoms with Crippen LogP contribution in [0.5, 0.6) is 0 Å². The van der Waals surface area contributed by atoms with E-state index in [0.29, 0.717) is 45.0 Å². The first-order valence-corrected chi connectivity index (χ1v) is 12.2. The molecule has 10 heteroatoms. The molecular formula is C22H21Cl2N3O3S2. The van der Waals surface area contributed by atoms with Gasteiger partial charge in [-0.05, 0) is 68.5 Å². The van der Waals surface area contributed by atoms with Crippen LogP contribution >= 0.6 is 47.2 Å². The molecule has 1 aromatic carbocycles. The SMILES string of the molecule is O=C(CCN1CCCCC1)NN1C(=O)C(=Cc2ccc(-c3cc(Cl)ccc3Cl)o2)SC1=S. The van der Waals surface area contributed by atoms with Gasteiger partial charge in [0.25, 0.3) is 5.91 Å². The normalized spacial score (nSPS) is 18.6. The fourth-order valence-corrected chi connectivity index (χ4v) is 5.12. The van der Waals surface area contributed by atoms with Crippen molar-refractivity contribution in [3.8, 4) is 11.3 Å². The Hall–Kier alpha value is -1.84. The summed E-state index contributed by atoms with van der Waals surface area (Å²) in [7, 11) is 0. The van der Waals surface area contributed by atoms with E-state index in [-0.39, 0.29) is 16.1 Å². The van der Waals surface area contributed by atoms with Crippen LogP contribution in [0.2, 0.25) is 10.0 Å². The van der Waals surface area contributed by atoms with Crippen LogP contribution in [-0.4, -0.2) is 45.7 Å². The largest absolute Gasteiger partial charge is 0.457 e. The third-order valence-electron chi connectivity index (χ3n) is 5.23. The van der Waals surface area contributed by atoms with Crippen LogP contribution < -0.4 is 5.43 Å². The molecule has 3 heterocycles. The molecule has 2 aliphatic rings.